The molecule has 0 atom stereocenters. The van der Waals surface area contributed by atoms with Crippen molar-refractivity contribution in [2.24, 2.45) is 0 Å². The standard InChI is InChI=1S/C30H36ClN5O6/c1-2-39-28(37)17-33-29(38)36-15-13-35(14-16-36)24-9-7-23(8-10-24)18-40-25-19-41-30(42-20-25,21-34-12-11-32-22-34)26-5-3-4-6-27(26)31/h3-12,22,25H,2,13-21H2,1H3,(H,33,38)/t25-,30-. The first-order valence-electron chi connectivity index (χ1n) is 14.1. The average Bonchev–Trinajstić information content (AvgIpc) is 3.53. The van der Waals surface area contributed by atoms with Gasteiger partial charge in [-0.25, -0.2) is 9.78 Å². The number of imidazole rings is 1. The third-order valence-corrected chi connectivity index (χ3v) is 7.61. The minimum atomic E-state index is -1.04. The van der Waals surface area contributed by atoms with Gasteiger partial charge in [0.15, 0.2) is 0 Å². The summed E-state index contributed by atoms with van der Waals surface area (Å²) in [7, 11) is 0. The van der Waals surface area contributed by atoms with E-state index >= 15 is 0 Å². The molecule has 3 heterocycles. The fourth-order valence-corrected chi connectivity index (χ4v) is 5.30. The van der Waals surface area contributed by atoms with Crippen LogP contribution in [0.3, 0.4) is 0 Å². The van der Waals surface area contributed by atoms with Crippen molar-refractivity contribution in [3.8, 4) is 0 Å². The van der Waals surface area contributed by atoms with Crippen LogP contribution in [-0.4, -0.2) is 85.1 Å². The van der Waals surface area contributed by atoms with Gasteiger partial charge in [0, 0.05) is 54.8 Å². The Kier molecular flexibility index (Phi) is 9.96. The van der Waals surface area contributed by atoms with E-state index in [9.17, 15) is 9.59 Å². The van der Waals surface area contributed by atoms with Gasteiger partial charge in [-0.2, -0.15) is 0 Å². The molecule has 11 nitrogen and oxygen atoms in total. The summed E-state index contributed by atoms with van der Waals surface area (Å²) in [4.78, 5) is 31.9. The molecule has 12 heteroatoms. The summed E-state index contributed by atoms with van der Waals surface area (Å²) in [6.07, 6.45) is 5.08. The average molecular weight is 598 g/mol. The number of piperazine rings is 1. The van der Waals surface area contributed by atoms with Crippen LogP contribution in [0.2, 0.25) is 5.02 Å². The Morgan fingerprint density at radius 2 is 1.81 bits per heavy atom. The molecule has 0 unspecified atom stereocenters. The van der Waals surface area contributed by atoms with Crippen molar-refractivity contribution in [2.75, 3.05) is 57.4 Å². The van der Waals surface area contributed by atoms with Gasteiger partial charge in [-0.1, -0.05) is 41.9 Å². The van der Waals surface area contributed by atoms with Crippen LogP contribution in [0, 0.1) is 0 Å². The van der Waals surface area contributed by atoms with E-state index in [1.807, 2.05) is 47.2 Å². The second-order valence-electron chi connectivity index (χ2n) is 10.1. The van der Waals surface area contributed by atoms with Crippen molar-refractivity contribution >= 4 is 29.3 Å². The van der Waals surface area contributed by atoms with Gasteiger partial charge in [-0.05, 0) is 30.7 Å². The maximum absolute atomic E-state index is 12.3. The van der Waals surface area contributed by atoms with Gasteiger partial charge < -0.3 is 38.6 Å². The van der Waals surface area contributed by atoms with E-state index in [-0.39, 0.29) is 18.7 Å². The summed E-state index contributed by atoms with van der Waals surface area (Å²) >= 11 is 6.53. The molecule has 2 aromatic carbocycles. The van der Waals surface area contributed by atoms with Crippen LogP contribution in [0.5, 0.6) is 0 Å². The number of amides is 2. The number of nitrogens with zero attached hydrogens (tertiary/aromatic N) is 4. The zero-order valence-electron chi connectivity index (χ0n) is 23.6. The van der Waals surface area contributed by atoms with Crippen molar-refractivity contribution in [3.05, 3.63) is 83.4 Å². The minimum Gasteiger partial charge on any atom is -0.465 e. The molecule has 2 amide bonds. The fourth-order valence-electron chi connectivity index (χ4n) is 5.02. The molecule has 0 aliphatic carbocycles. The van der Waals surface area contributed by atoms with Gasteiger partial charge in [-0.15, -0.1) is 0 Å². The predicted octanol–water partition coefficient (Wildman–Crippen LogP) is 3.42. The van der Waals surface area contributed by atoms with Gasteiger partial charge in [-0.3, -0.25) is 4.79 Å². The van der Waals surface area contributed by atoms with Gasteiger partial charge in [0.2, 0.25) is 5.79 Å². The molecule has 3 aromatic rings. The maximum atomic E-state index is 12.3. The van der Waals surface area contributed by atoms with Gasteiger partial charge in [0.05, 0.1) is 39.3 Å². The molecule has 2 aliphatic rings. The molecule has 1 N–H and O–H groups in total. The number of rotatable bonds is 10. The molecule has 224 valence electrons. The second-order valence-corrected chi connectivity index (χ2v) is 10.5. The highest BCUT2D eigenvalue weighted by atomic mass is 35.5. The molecule has 0 bridgehead atoms. The van der Waals surface area contributed by atoms with Crippen LogP contribution >= 0.6 is 11.6 Å². The number of ether oxygens (including phenoxy) is 4. The molecule has 42 heavy (non-hydrogen) atoms. The lowest BCUT2D eigenvalue weighted by Gasteiger charge is -2.40. The summed E-state index contributed by atoms with van der Waals surface area (Å²) in [5.74, 6) is -1.47. The first-order valence-corrected chi connectivity index (χ1v) is 14.5. The van der Waals surface area contributed by atoms with Crippen molar-refractivity contribution in [3.63, 3.8) is 0 Å². The highest BCUT2D eigenvalue weighted by Crippen LogP contribution is 2.37. The summed E-state index contributed by atoms with van der Waals surface area (Å²) in [5, 5.41) is 3.20. The van der Waals surface area contributed by atoms with Crippen LogP contribution in [0.25, 0.3) is 0 Å². The van der Waals surface area contributed by atoms with Crippen molar-refractivity contribution in [1.82, 2.24) is 19.8 Å². The molecule has 2 fully saturated rings. The third kappa shape index (κ3) is 7.40. The van der Waals surface area contributed by atoms with Crippen molar-refractivity contribution in [2.45, 2.75) is 32.0 Å². The summed E-state index contributed by atoms with van der Waals surface area (Å²) in [6.45, 7) is 5.99. The Morgan fingerprint density at radius 1 is 1.07 bits per heavy atom. The molecule has 2 aliphatic heterocycles. The highest BCUT2D eigenvalue weighted by molar-refractivity contribution is 6.31. The van der Waals surface area contributed by atoms with E-state index in [2.05, 4.69) is 27.3 Å². The Balaban J connectivity index is 1.09. The number of halogens is 1. The van der Waals surface area contributed by atoms with E-state index in [4.69, 9.17) is 30.5 Å². The number of hydrogen-bond acceptors (Lipinski definition) is 8. The number of urea groups is 1. The smallest absolute Gasteiger partial charge is 0.325 e. The first-order chi connectivity index (χ1) is 20.5. The number of nitrogens with one attached hydrogen (secondary N) is 1. The predicted molar refractivity (Wildman–Crippen MR) is 156 cm³/mol. The molecule has 1 aromatic heterocycles. The lowest BCUT2D eigenvalue weighted by molar-refractivity contribution is -0.313. The minimum absolute atomic E-state index is 0.122. The van der Waals surface area contributed by atoms with E-state index in [0.717, 1.165) is 16.8 Å². The number of aromatic nitrogens is 2. The lowest BCUT2D eigenvalue weighted by Crippen LogP contribution is -2.52. The number of esters is 1. The molecular formula is C30H36ClN5O6. The number of carbonyl (C=O) groups excluding carboxylic acids is 2. The summed E-state index contributed by atoms with van der Waals surface area (Å²) in [5.41, 5.74) is 2.89. The molecule has 0 radical (unpaired) electrons. The van der Waals surface area contributed by atoms with Crippen LogP contribution in [0.15, 0.2) is 67.3 Å². The SMILES string of the molecule is CCOC(=O)CNC(=O)N1CCN(c2ccc(CO[C@H]3CO[C@](Cn4ccnc4)(c4ccccc4Cl)OC3)cc2)CC1. The number of benzene rings is 2. The summed E-state index contributed by atoms with van der Waals surface area (Å²) in [6, 6.07) is 15.5. The largest absolute Gasteiger partial charge is 0.465 e. The molecule has 0 spiro atoms. The number of hydrogen-bond donors (Lipinski definition) is 1. The zero-order valence-corrected chi connectivity index (χ0v) is 24.4. The Morgan fingerprint density at radius 3 is 2.48 bits per heavy atom. The fraction of sp³-hybridized carbons (Fsp3) is 0.433. The van der Waals surface area contributed by atoms with Crippen LogP contribution in [0.1, 0.15) is 18.1 Å². The van der Waals surface area contributed by atoms with Gasteiger partial charge >= 0.3 is 12.0 Å². The van der Waals surface area contributed by atoms with E-state index in [0.29, 0.717) is 64.2 Å². The summed E-state index contributed by atoms with van der Waals surface area (Å²) < 4.78 is 25.6. The number of anilines is 1. The molecule has 2 saturated heterocycles. The molecule has 0 saturated carbocycles. The molecule has 5 rings (SSSR count). The Labute approximate surface area is 250 Å². The van der Waals surface area contributed by atoms with Gasteiger partial charge in [0.25, 0.3) is 0 Å². The van der Waals surface area contributed by atoms with E-state index < -0.39 is 11.8 Å². The van der Waals surface area contributed by atoms with E-state index in [1.54, 1.807) is 24.3 Å². The van der Waals surface area contributed by atoms with Crippen LogP contribution in [0.4, 0.5) is 10.5 Å². The normalized spacial score (nSPS) is 20.8. The van der Waals surface area contributed by atoms with Crippen molar-refractivity contribution < 1.29 is 28.5 Å². The van der Waals surface area contributed by atoms with Crippen LogP contribution in [-0.2, 0) is 42.7 Å². The highest BCUT2D eigenvalue weighted by Gasteiger charge is 2.41. The molecular weight excluding hydrogens is 562 g/mol. The maximum Gasteiger partial charge on any atom is 0.325 e. The third-order valence-electron chi connectivity index (χ3n) is 7.28. The lowest BCUT2D eigenvalue weighted by atomic mass is 10.0. The van der Waals surface area contributed by atoms with Gasteiger partial charge in [0.1, 0.15) is 12.6 Å². The number of carbonyl (C=O) groups is 2. The Bertz CT molecular complexity index is 1310. The first kappa shape index (κ1) is 29.8. The quantitative estimate of drug-likeness (QED) is 0.354. The van der Waals surface area contributed by atoms with Crippen molar-refractivity contribution in [1.29, 1.82) is 0 Å². The van der Waals surface area contributed by atoms with Crippen LogP contribution < -0.4 is 10.2 Å². The second kappa shape index (κ2) is 14.0. The monoisotopic (exact) mass is 597 g/mol. The topological polar surface area (TPSA) is 107 Å². The van der Waals surface area contributed by atoms with E-state index in [1.165, 1.54) is 0 Å². The Hall–Kier alpha value is -3.64. The zero-order chi connectivity index (χ0) is 29.4.